The van der Waals surface area contributed by atoms with Gasteiger partial charge in [0.05, 0.1) is 11.2 Å². The molecule has 17 heavy (non-hydrogen) atoms. The molecule has 0 amide bonds. The first-order chi connectivity index (χ1) is 7.80. The number of aromatic nitrogens is 2. The van der Waals surface area contributed by atoms with Gasteiger partial charge in [0.15, 0.2) is 0 Å². The van der Waals surface area contributed by atoms with Crippen molar-refractivity contribution in [2.45, 2.75) is 6.18 Å². The summed E-state index contributed by atoms with van der Waals surface area (Å²) in [6.07, 6.45) is -3.06. The molecule has 0 aliphatic carbocycles. The van der Waals surface area contributed by atoms with E-state index in [9.17, 15) is 13.2 Å². The number of fused-ring (bicyclic) bond motifs is 1. The summed E-state index contributed by atoms with van der Waals surface area (Å²) in [7, 11) is 3.53. The Labute approximate surface area is 104 Å². The van der Waals surface area contributed by atoms with Gasteiger partial charge in [-0.2, -0.15) is 13.2 Å². The van der Waals surface area contributed by atoms with Crippen LogP contribution in [0.15, 0.2) is 22.9 Å². The zero-order valence-corrected chi connectivity index (χ0v) is 10.7. The molecule has 0 saturated carbocycles. The molecule has 0 saturated heterocycles. The van der Waals surface area contributed by atoms with E-state index in [2.05, 4.69) is 20.9 Å². The molecule has 2 aromatic heterocycles. The van der Waals surface area contributed by atoms with Gasteiger partial charge in [-0.3, -0.25) is 4.40 Å². The Bertz CT molecular complexity index is 560. The van der Waals surface area contributed by atoms with Crippen molar-refractivity contribution in [3.63, 3.8) is 0 Å². The number of anilines is 1. The van der Waals surface area contributed by atoms with Crippen molar-refractivity contribution in [1.29, 1.82) is 0 Å². The summed E-state index contributed by atoms with van der Waals surface area (Å²) >= 11 is 3.03. The van der Waals surface area contributed by atoms with Gasteiger partial charge in [-0.05, 0) is 28.1 Å². The highest BCUT2D eigenvalue weighted by molar-refractivity contribution is 9.10. The number of imidazole rings is 1. The first kappa shape index (κ1) is 12.2. The Morgan fingerprint density at radius 1 is 1.29 bits per heavy atom. The fourth-order valence-corrected chi connectivity index (χ4v) is 1.99. The van der Waals surface area contributed by atoms with Crippen LogP contribution in [0.2, 0.25) is 0 Å². The Morgan fingerprint density at radius 3 is 2.47 bits per heavy atom. The third-order valence-corrected chi connectivity index (χ3v) is 2.93. The van der Waals surface area contributed by atoms with Crippen molar-refractivity contribution in [3.05, 3.63) is 28.8 Å². The van der Waals surface area contributed by atoms with E-state index in [0.717, 1.165) is 4.40 Å². The molecule has 0 spiro atoms. The van der Waals surface area contributed by atoms with E-state index >= 15 is 0 Å². The van der Waals surface area contributed by atoms with Gasteiger partial charge in [-0.25, -0.2) is 4.98 Å². The van der Waals surface area contributed by atoms with Crippen LogP contribution in [-0.2, 0) is 6.18 Å². The Morgan fingerprint density at radius 2 is 1.94 bits per heavy atom. The molecule has 7 heteroatoms. The van der Waals surface area contributed by atoms with Crippen LogP contribution in [0.1, 0.15) is 5.82 Å². The third kappa shape index (κ3) is 2.11. The zero-order chi connectivity index (χ0) is 12.8. The standard InChI is InChI=1S/C10H9BrF3N3/c1-16(2)6-3-4-7-8(11)15-9(10(12,13)14)17(7)5-6/h3-5H,1-2H3. The minimum absolute atomic E-state index is 0.190. The lowest BCUT2D eigenvalue weighted by Gasteiger charge is -2.13. The normalized spacial score (nSPS) is 12.1. The fourth-order valence-electron chi connectivity index (χ4n) is 1.50. The van der Waals surface area contributed by atoms with Gasteiger partial charge >= 0.3 is 6.18 Å². The molecular formula is C10H9BrF3N3. The number of halogens is 4. The van der Waals surface area contributed by atoms with E-state index in [1.165, 1.54) is 6.20 Å². The molecule has 3 nitrogen and oxygen atoms in total. The van der Waals surface area contributed by atoms with E-state index < -0.39 is 12.0 Å². The molecule has 92 valence electrons. The van der Waals surface area contributed by atoms with Gasteiger partial charge in [0.2, 0.25) is 5.82 Å². The van der Waals surface area contributed by atoms with E-state index in [1.54, 1.807) is 31.1 Å². The Kier molecular flexibility index (Phi) is 2.81. The van der Waals surface area contributed by atoms with E-state index in [-0.39, 0.29) is 4.60 Å². The van der Waals surface area contributed by atoms with Crippen LogP contribution in [0.25, 0.3) is 5.52 Å². The average Bonchev–Trinajstić information content (AvgIpc) is 2.55. The lowest BCUT2D eigenvalue weighted by Crippen LogP contribution is -2.13. The minimum atomic E-state index is -4.47. The summed E-state index contributed by atoms with van der Waals surface area (Å²) in [6.45, 7) is 0. The predicted molar refractivity (Wildman–Crippen MR) is 62.2 cm³/mol. The molecule has 0 unspecified atom stereocenters. The average molecular weight is 308 g/mol. The lowest BCUT2D eigenvalue weighted by atomic mass is 10.3. The van der Waals surface area contributed by atoms with Crippen molar-refractivity contribution in [3.8, 4) is 0 Å². The monoisotopic (exact) mass is 307 g/mol. The quantitative estimate of drug-likeness (QED) is 0.806. The van der Waals surface area contributed by atoms with Gasteiger partial charge in [0.1, 0.15) is 4.60 Å². The number of rotatable bonds is 1. The lowest BCUT2D eigenvalue weighted by molar-refractivity contribution is -0.145. The second-order valence-electron chi connectivity index (χ2n) is 3.76. The van der Waals surface area contributed by atoms with Crippen LogP contribution in [0.5, 0.6) is 0 Å². The number of alkyl halides is 3. The predicted octanol–water partition coefficient (Wildman–Crippen LogP) is 3.18. The van der Waals surface area contributed by atoms with Gasteiger partial charge in [-0.15, -0.1) is 0 Å². The first-order valence-corrected chi connectivity index (χ1v) is 5.52. The van der Waals surface area contributed by atoms with E-state index in [0.29, 0.717) is 11.2 Å². The van der Waals surface area contributed by atoms with Crippen molar-refractivity contribution in [1.82, 2.24) is 9.38 Å². The second-order valence-corrected chi connectivity index (χ2v) is 4.51. The third-order valence-electron chi connectivity index (χ3n) is 2.35. The molecule has 0 fully saturated rings. The maximum absolute atomic E-state index is 12.7. The molecule has 0 N–H and O–H groups in total. The summed E-state index contributed by atoms with van der Waals surface area (Å²) in [6, 6.07) is 3.34. The molecule has 0 aromatic carbocycles. The summed E-state index contributed by atoms with van der Waals surface area (Å²) in [4.78, 5) is 5.23. The van der Waals surface area contributed by atoms with Crippen LogP contribution in [0.3, 0.4) is 0 Å². The molecule has 0 aliphatic heterocycles. The fraction of sp³-hybridized carbons (Fsp3) is 0.300. The van der Waals surface area contributed by atoms with Crippen LogP contribution < -0.4 is 4.90 Å². The summed E-state index contributed by atoms with van der Waals surface area (Å²) in [5.74, 6) is -0.928. The van der Waals surface area contributed by atoms with Crippen LogP contribution >= 0.6 is 15.9 Å². The van der Waals surface area contributed by atoms with Gasteiger partial charge in [0.25, 0.3) is 0 Å². The van der Waals surface area contributed by atoms with Crippen LogP contribution in [0.4, 0.5) is 18.9 Å². The molecule has 0 atom stereocenters. The first-order valence-electron chi connectivity index (χ1n) is 4.73. The van der Waals surface area contributed by atoms with Crippen molar-refractivity contribution in [2.24, 2.45) is 0 Å². The van der Waals surface area contributed by atoms with E-state index in [1.807, 2.05) is 0 Å². The number of hydrogen-bond donors (Lipinski definition) is 0. The molecular weight excluding hydrogens is 299 g/mol. The number of pyridine rings is 1. The maximum Gasteiger partial charge on any atom is 0.450 e. The van der Waals surface area contributed by atoms with Gasteiger partial charge < -0.3 is 4.90 Å². The largest absolute Gasteiger partial charge is 0.450 e. The SMILES string of the molecule is CN(C)c1ccc2c(Br)nc(C(F)(F)F)n2c1. The van der Waals surface area contributed by atoms with Crippen LogP contribution in [-0.4, -0.2) is 23.5 Å². The topological polar surface area (TPSA) is 20.5 Å². The van der Waals surface area contributed by atoms with Gasteiger partial charge in [0, 0.05) is 20.3 Å². The van der Waals surface area contributed by atoms with E-state index in [4.69, 9.17) is 0 Å². The summed E-state index contributed by atoms with van der Waals surface area (Å²) in [5.41, 5.74) is 1.07. The second kappa shape index (κ2) is 3.90. The number of hydrogen-bond acceptors (Lipinski definition) is 2. The highest BCUT2D eigenvalue weighted by Gasteiger charge is 2.37. The summed E-state index contributed by atoms with van der Waals surface area (Å²) in [5, 5.41) is 0. The zero-order valence-electron chi connectivity index (χ0n) is 9.09. The molecule has 0 bridgehead atoms. The van der Waals surface area contributed by atoms with Crippen molar-refractivity contribution >= 4 is 27.1 Å². The molecule has 0 radical (unpaired) electrons. The molecule has 2 aromatic rings. The highest BCUT2D eigenvalue weighted by atomic mass is 79.9. The van der Waals surface area contributed by atoms with Crippen molar-refractivity contribution in [2.75, 3.05) is 19.0 Å². The summed E-state index contributed by atoms with van der Waals surface area (Å²) < 4.78 is 39.5. The Hall–Kier alpha value is -1.24. The van der Waals surface area contributed by atoms with Crippen molar-refractivity contribution < 1.29 is 13.2 Å². The maximum atomic E-state index is 12.7. The van der Waals surface area contributed by atoms with Gasteiger partial charge in [-0.1, -0.05) is 0 Å². The molecule has 2 heterocycles. The Balaban J connectivity index is 2.73. The smallest absolute Gasteiger partial charge is 0.376 e. The minimum Gasteiger partial charge on any atom is -0.376 e. The molecule has 2 rings (SSSR count). The van der Waals surface area contributed by atoms with Crippen LogP contribution in [0, 0.1) is 0 Å². The number of nitrogens with zero attached hydrogens (tertiary/aromatic N) is 3. The molecule has 0 aliphatic rings. The highest BCUT2D eigenvalue weighted by Crippen LogP contribution is 2.32.